The summed E-state index contributed by atoms with van der Waals surface area (Å²) in [5.74, 6) is -0.167. The number of benzene rings is 1. The maximum absolute atomic E-state index is 12.6. The van der Waals surface area contributed by atoms with Gasteiger partial charge in [-0.15, -0.1) is 11.3 Å². The lowest BCUT2D eigenvalue weighted by Gasteiger charge is -2.12. The first kappa shape index (κ1) is 20.1. The van der Waals surface area contributed by atoms with Gasteiger partial charge in [0.1, 0.15) is 11.1 Å². The third-order valence-corrected chi connectivity index (χ3v) is 6.01. The number of hydrogen-bond donors (Lipinski definition) is 1. The van der Waals surface area contributed by atoms with Gasteiger partial charge in [0.2, 0.25) is 5.91 Å². The summed E-state index contributed by atoms with van der Waals surface area (Å²) in [6, 6.07) is 12.2. The fourth-order valence-electron chi connectivity index (χ4n) is 2.64. The molecule has 0 aliphatic carbocycles. The molecule has 1 amide bonds. The fourth-order valence-corrected chi connectivity index (χ4v) is 4.38. The minimum absolute atomic E-state index is 0.167. The standard InChI is InChI=1S/C21H20N4OS2/c1-12-5-7-16(8-6-12)18-11-27-21(24-18)25-19(26)15(4)28-20-17(10-22)13(2)9-14(3)23-20/h5-9,11,15H,1-4H3,(H,24,25,26). The molecule has 0 saturated carbocycles. The minimum atomic E-state index is -0.410. The highest BCUT2D eigenvalue weighted by molar-refractivity contribution is 8.00. The zero-order chi connectivity index (χ0) is 20.3. The van der Waals surface area contributed by atoms with Crippen LogP contribution in [0.2, 0.25) is 0 Å². The predicted octanol–water partition coefficient (Wildman–Crippen LogP) is 5.12. The van der Waals surface area contributed by atoms with Gasteiger partial charge in [-0.2, -0.15) is 5.26 Å². The number of hydrogen-bond acceptors (Lipinski definition) is 6. The SMILES string of the molecule is Cc1ccc(-c2csc(NC(=O)C(C)Sc3nc(C)cc(C)c3C#N)n2)cc1. The van der Waals surface area contributed by atoms with Gasteiger partial charge >= 0.3 is 0 Å². The summed E-state index contributed by atoms with van der Waals surface area (Å²) < 4.78 is 0. The van der Waals surface area contributed by atoms with E-state index >= 15 is 0 Å². The van der Waals surface area contributed by atoms with Gasteiger partial charge in [0.25, 0.3) is 0 Å². The Bertz CT molecular complexity index is 1050. The lowest BCUT2D eigenvalue weighted by molar-refractivity contribution is -0.115. The molecule has 1 aromatic carbocycles. The maximum Gasteiger partial charge on any atom is 0.239 e. The van der Waals surface area contributed by atoms with Crippen molar-refractivity contribution in [3.63, 3.8) is 0 Å². The second-order valence-corrected chi connectivity index (χ2v) is 8.71. The van der Waals surface area contributed by atoms with Crippen LogP contribution in [-0.4, -0.2) is 21.1 Å². The highest BCUT2D eigenvalue weighted by atomic mass is 32.2. The monoisotopic (exact) mass is 408 g/mol. The van der Waals surface area contributed by atoms with E-state index in [9.17, 15) is 10.1 Å². The smallest absolute Gasteiger partial charge is 0.239 e. The summed E-state index contributed by atoms with van der Waals surface area (Å²) in [7, 11) is 0. The van der Waals surface area contributed by atoms with Crippen LogP contribution < -0.4 is 5.32 Å². The van der Waals surface area contributed by atoms with Gasteiger partial charge in [-0.3, -0.25) is 4.79 Å². The summed E-state index contributed by atoms with van der Waals surface area (Å²) in [5, 5.41) is 14.9. The van der Waals surface area contributed by atoms with E-state index in [1.807, 2.05) is 56.5 Å². The van der Waals surface area contributed by atoms with E-state index < -0.39 is 5.25 Å². The van der Waals surface area contributed by atoms with E-state index in [0.717, 1.165) is 22.5 Å². The molecule has 7 heteroatoms. The van der Waals surface area contributed by atoms with E-state index in [2.05, 4.69) is 21.4 Å². The van der Waals surface area contributed by atoms with Crippen molar-refractivity contribution in [2.75, 3.05) is 5.32 Å². The molecule has 2 heterocycles. The van der Waals surface area contributed by atoms with Crippen LogP contribution in [0, 0.1) is 32.1 Å². The summed E-state index contributed by atoms with van der Waals surface area (Å²) in [5.41, 5.74) is 5.26. The topological polar surface area (TPSA) is 78.7 Å². The van der Waals surface area contributed by atoms with E-state index in [4.69, 9.17) is 0 Å². The molecule has 1 unspecified atom stereocenters. The lowest BCUT2D eigenvalue weighted by atomic mass is 10.1. The Morgan fingerprint density at radius 3 is 2.61 bits per heavy atom. The number of anilines is 1. The average molecular weight is 409 g/mol. The summed E-state index contributed by atoms with van der Waals surface area (Å²) in [4.78, 5) is 21.5. The highest BCUT2D eigenvalue weighted by Crippen LogP contribution is 2.29. The number of rotatable bonds is 5. The molecule has 0 bridgehead atoms. The van der Waals surface area contributed by atoms with Gasteiger partial charge in [0.15, 0.2) is 5.13 Å². The van der Waals surface area contributed by atoms with Crippen molar-refractivity contribution >= 4 is 34.1 Å². The summed E-state index contributed by atoms with van der Waals surface area (Å²) in [6.07, 6.45) is 0. The number of thioether (sulfide) groups is 1. The molecule has 0 aliphatic rings. The third kappa shape index (κ3) is 4.58. The molecule has 28 heavy (non-hydrogen) atoms. The van der Waals surface area contributed by atoms with Crippen LogP contribution in [0.15, 0.2) is 40.7 Å². The number of nitrogens with zero attached hydrogens (tertiary/aromatic N) is 3. The molecule has 0 radical (unpaired) electrons. The largest absolute Gasteiger partial charge is 0.301 e. The van der Waals surface area contributed by atoms with Crippen LogP contribution >= 0.6 is 23.1 Å². The molecular formula is C21H20N4OS2. The predicted molar refractivity (Wildman–Crippen MR) is 115 cm³/mol. The zero-order valence-corrected chi connectivity index (χ0v) is 17.7. The lowest BCUT2D eigenvalue weighted by Crippen LogP contribution is -2.22. The van der Waals surface area contributed by atoms with Crippen molar-refractivity contribution in [2.24, 2.45) is 0 Å². The first-order valence-electron chi connectivity index (χ1n) is 8.76. The Hall–Kier alpha value is -2.69. The molecule has 1 N–H and O–H groups in total. The molecule has 2 aromatic heterocycles. The van der Waals surface area contributed by atoms with Crippen molar-refractivity contribution < 1.29 is 4.79 Å². The zero-order valence-electron chi connectivity index (χ0n) is 16.1. The average Bonchev–Trinajstić information content (AvgIpc) is 3.10. The first-order valence-corrected chi connectivity index (χ1v) is 10.5. The van der Waals surface area contributed by atoms with E-state index in [1.54, 1.807) is 6.92 Å². The van der Waals surface area contributed by atoms with E-state index in [-0.39, 0.29) is 5.91 Å². The molecule has 142 valence electrons. The molecule has 3 aromatic rings. The number of amides is 1. The maximum atomic E-state index is 12.6. The first-order chi connectivity index (χ1) is 13.4. The van der Waals surface area contributed by atoms with Crippen LogP contribution in [0.3, 0.4) is 0 Å². The van der Waals surface area contributed by atoms with Crippen LogP contribution in [0.4, 0.5) is 5.13 Å². The van der Waals surface area contributed by atoms with Gasteiger partial charge in [-0.25, -0.2) is 9.97 Å². The molecule has 0 aliphatic heterocycles. The van der Waals surface area contributed by atoms with Crippen LogP contribution in [0.25, 0.3) is 11.3 Å². The van der Waals surface area contributed by atoms with Crippen molar-refractivity contribution in [1.82, 2.24) is 9.97 Å². The molecule has 0 spiro atoms. The number of nitriles is 1. The Labute approximate surface area is 172 Å². The number of thiazole rings is 1. The van der Waals surface area contributed by atoms with Crippen LogP contribution in [0.5, 0.6) is 0 Å². The summed E-state index contributed by atoms with van der Waals surface area (Å²) in [6.45, 7) is 7.60. The van der Waals surface area contributed by atoms with Crippen molar-refractivity contribution in [3.05, 3.63) is 58.1 Å². The molecule has 0 saturated heterocycles. The van der Waals surface area contributed by atoms with Crippen molar-refractivity contribution in [3.8, 4) is 17.3 Å². The molecule has 0 fully saturated rings. The Morgan fingerprint density at radius 1 is 1.21 bits per heavy atom. The van der Waals surface area contributed by atoms with Crippen molar-refractivity contribution in [2.45, 2.75) is 38.0 Å². The van der Waals surface area contributed by atoms with Gasteiger partial charge in [0, 0.05) is 16.6 Å². The van der Waals surface area contributed by atoms with E-state index in [0.29, 0.717) is 15.7 Å². The molecule has 5 nitrogen and oxygen atoms in total. The van der Waals surface area contributed by atoms with E-state index in [1.165, 1.54) is 28.7 Å². The van der Waals surface area contributed by atoms with Gasteiger partial charge in [-0.05, 0) is 39.3 Å². The molecule has 3 rings (SSSR count). The Morgan fingerprint density at radius 2 is 1.93 bits per heavy atom. The van der Waals surface area contributed by atoms with Crippen molar-refractivity contribution in [1.29, 1.82) is 5.26 Å². The highest BCUT2D eigenvalue weighted by Gasteiger charge is 2.20. The Kier molecular flexibility index (Phi) is 6.12. The third-order valence-electron chi connectivity index (χ3n) is 4.16. The minimum Gasteiger partial charge on any atom is -0.301 e. The van der Waals surface area contributed by atoms with Crippen LogP contribution in [0.1, 0.15) is 29.3 Å². The fraction of sp³-hybridized carbons (Fsp3) is 0.238. The number of aromatic nitrogens is 2. The van der Waals surface area contributed by atoms with Gasteiger partial charge in [0.05, 0.1) is 16.5 Å². The van der Waals surface area contributed by atoms with Gasteiger partial charge < -0.3 is 5.32 Å². The quantitative estimate of drug-likeness (QED) is 0.593. The second-order valence-electron chi connectivity index (χ2n) is 6.53. The Balaban J connectivity index is 1.70. The normalized spacial score (nSPS) is 11.7. The number of carbonyl (C=O) groups excluding carboxylic acids is 1. The number of carbonyl (C=O) groups is 1. The number of nitrogens with one attached hydrogen (secondary N) is 1. The van der Waals surface area contributed by atoms with Crippen LogP contribution in [-0.2, 0) is 4.79 Å². The number of aryl methyl sites for hydroxylation is 3. The molecule has 1 atom stereocenters. The van der Waals surface area contributed by atoms with Gasteiger partial charge in [-0.1, -0.05) is 41.6 Å². The second kappa shape index (κ2) is 8.55. The molecular weight excluding hydrogens is 388 g/mol. The summed E-state index contributed by atoms with van der Waals surface area (Å²) >= 11 is 2.68. The number of pyridine rings is 1.